The molecule has 2 heterocycles. The summed E-state index contributed by atoms with van der Waals surface area (Å²) in [5, 5.41) is 0.602. The Hall–Kier alpha value is -1.65. The summed E-state index contributed by atoms with van der Waals surface area (Å²) >= 11 is 3.52. The number of benzene rings is 2. The Kier molecular flexibility index (Phi) is 9.22. The monoisotopic (exact) mass is 594 g/mol. The van der Waals surface area contributed by atoms with E-state index in [-0.39, 0.29) is 17.7 Å². The standard InChI is InChI=1S/C28H39BrN2O5S/c1-21-6-11-25(12-7-21)37(32,33)31-18-24(10-9-23(31)17-29)35-19-22-8-13-27-26(16-22)30(14-5-15-34-4)20-28(2,3)36-27/h6-8,11-13,16,23-24H,5,9-10,14-15,17-20H2,1-4H3/t23-,24+/m0/s1. The Morgan fingerprint density at radius 2 is 1.89 bits per heavy atom. The number of alkyl halides is 1. The third kappa shape index (κ3) is 6.87. The molecule has 0 spiro atoms. The zero-order valence-electron chi connectivity index (χ0n) is 22.3. The highest BCUT2D eigenvalue weighted by molar-refractivity contribution is 9.09. The van der Waals surface area contributed by atoms with Crippen molar-refractivity contribution in [2.45, 2.75) is 69.3 Å². The van der Waals surface area contributed by atoms with Crippen LogP contribution in [-0.2, 0) is 26.1 Å². The lowest BCUT2D eigenvalue weighted by Gasteiger charge is -2.41. The molecule has 1 fully saturated rings. The van der Waals surface area contributed by atoms with Crippen LogP contribution in [-0.4, -0.2) is 69.2 Å². The minimum absolute atomic E-state index is 0.0870. The van der Waals surface area contributed by atoms with Crippen molar-refractivity contribution in [3.63, 3.8) is 0 Å². The quantitative estimate of drug-likeness (QED) is 0.280. The predicted octanol–water partition coefficient (Wildman–Crippen LogP) is 5.14. The number of aryl methyl sites for hydroxylation is 1. The van der Waals surface area contributed by atoms with Gasteiger partial charge in [-0.3, -0.25) is 0 Å². The first-order valence-electron chi connectivity index (χ1n) is 12.9. The minimum atomic E-state index is -3.61. The highest BCUT2D eigenvalue weighted by Gasteiger charge is 2.37. The van der Waals surface area contributed by atoms with Crippen molar-refractivity contribution < 1.29 is 22.6 Å². The smallest absolute Gasteiger partial charge is 0.243 e. The van der Waals surface area contributed by atoms with Gasteiger partial charge in [0.2, 0.25) is 10.0 Å². The first-order chi connectivity index (χ1) is 17.6. The summed E-state index contributed by atoms with van der Waals surface area (Å²) in [5.41, 5.74) is 2.89. The van der Waals surface area contributed by atoms with Crippen LogP contribution in [0.4, 0.5) is 5.69 Å². The molecule has 7 nitrogen and oxygen atoms in total. The summed E-state index contributed by atoms with van der Waals surface area (Å²) in [6.07, 6.45) is 2.34. The van der Waals surface area contributed by atoms with Crippen molar-refractivity contribution >= 4 is 31.6 Å². The van der Waals surface area contributed by atoms with E-state index in [0.29, 0.717) is 23.4 Å². The maximum absolute atomic E-state index is 13.5. The van der Waals surface area contributed by atoms with Gasteiger partial charge in [-0.05, 0) is 69.9 Å². The molecule has 0 unspecified atom stereocenters. The topological polar surface area (TPSA) is 68.3 Å². The van der Waals surface area contributed by atoms with Gasteiger partial charge < -0.3 is 19.1 Å². The first-order valence-corrected chi connectivity index (χ1v) is 15.5. The number of sulfonamides is 1. The Labute approximate surface area is 230 Å². The Bertz CT molecular complexity index is 1160. The lowest BCUT2D eigenvalue weighted by atomic mass is 10.0. The van der Waals surface area contributed by atoms with Crippen LogP contribution in [0, 0.1) is 6.92 Å². The van der Waals surface area contributed by atoms with E-state index in [1.807, 2.05) is 31.2 Å². The molecule has 1 saturated heterocycles. The molecule has 204 valence electrons. The Morgan fingerprint density at radius 3 is 2.59 bits per heavy atom. The third-order valence-corrected chi connectivity index (χ3v) is 9.68. The van der Waals surface area contributed by atoms with Crippen molar-refractivity contribution in [1.82, 2.24) is 4.31 Å². The molecule has 0 bridgehead atoms. The van der Waals surface area contributed by atoms with E-state index in [2.05, 4.69) is 40.7 Å². The van der Waals surface area contributed by atoms with Crippen LogP contribution in [0.3, 0.4) is 0 Å². The predicted molar refractivity (Wildman–Crippen MR) is 150 cm³/mol. The number of piperidine rings is 1. The first kappa shape index (κ1) is 28.4. The zero-order valence-corrected chi connectivity index (χ0v) is 24.7. The van der Waals surface area contributed by atoms with Gasteiger partial charge in [-0.15, -0.1) is 0 Å². The summed E-state index contributed by atoms with van der Waals surface area (Å²) < 4.78 is 46.3. The van der Waals surface area contributed by atoms with Gasteiger partial charge in [0.15, 0.2) is 0 Å². The summed E-state index contributed by atoms with van der Waals surface area (Å²) in [6.45, 7) is 9.34. The highest BCUT2D eigenvalue weighted by Crippen LogP contribution is 2.38. The number of methoxy groups -OCH3 is 1. The van der Waals surface area contributed by atoms with Crippen LogP contribution in [0.5, 0.6) is 5.75 Å². The summed E-state index contributed by atoms with van der Waals surface area (Å²) in [6, 6.07) is 13.2. The second kappa shape index (κ2) is 12.0. The number of hydrogen-bond acceptors (Lipinski definition) is 6. The van der Waals surface area contributed by atoms with Crippen LogP contribution < -0.4 is 9.64 Å². The van der Waals surface area contributed by atoms with Crippen LogP contribution in [0.2, 0.25) is 0 Å². The van der Waals surface area contributed by atoms with Gasteiger partial charge in [0.25, 0.3) is 0 Å². The Morgan fingerprint density at radius 1 is 1.14 bits per heavy atom. The van der Waals surface area contributed by atoms with Gasteiger partial charge in [0.05, 0.1) is 29.8 Å². The molecule has 37 heavy (non-hydrogen) atoms. The zero-order chi connectivity index (χ0) is 26.6. The van der Waals surface area contributed by atoms with E-state index in [1.165, 1.54) is 0 Å². The van der Waals surface area contributed by atoms with Crippen molar-refractivity contribution in [2.75, 3.05) is 43.6 Å². The van der Waals surface area contributed by atoms with Crippen LogP contribution in [0.1, 0.15) is 44.2 Å². The summed E-state index contributed by atoms with van der Waals surface area (Å²) in [7, 11) is -1.88. The molecular formula is C28H39BrN2O5S. The lowest BCUT2D eigenvalue weighted by Crippen LogP contribution is -2.50. The molecule has 9 heteroatoms. The van der Waals surface area contributed by atoms with Crippen molar-refractivity contribution in [3.05, 3.63) is 53.6 Å². The normalized spacial score (nSPS) is 21.9. The molecule has 0 N–H and O–H groups in total. The fraction of sp³-hybridized carbons (Fsp3) is 0.571. The van der Waals surface area contributed by atoms with Crippen molar-refractivity contribution in [1.29, 1.82) is 0 Å². The number of halogens is 1. The maximum Gasteiger partial charge on any atom is 0.243 e. The summed E-state index contributed by atoms with van der Waals surface area (Å²) in [4.78, 5) is 2.69. The molecule has 0 aliphatic carbocycles. The fourth-order valence-corrected chi connectivity index (χ4v) is 7.62. The van der Waals surface area contributed by atoms with Crippen LogP contribution >= 0.6 is 15.9 Å². The molecular weight excluding hydrogens is 556 g/mol. The van der Waals surface area contributed by atoms with E-state index < -0.39 is 10.0 Å². The molecule has 0 aromatic heterocycles. The van der Waals surface area contributed by atoms with Crippen molar-refractivity contribution in [3.8, 4) is 5.75 Å². The highest BCUT2D eigenvalue weighted by atomic mass is 79.9. The Balaban J connectivity index is 1.45. The second-order valence-corrected chi connectivity index (χ2v) is 13.2. The number of rotatable bonds is 10. The van der Waals surface area contributed by atoms with Gasteiger partial charge in [0, 0.05) is 38.2 Å². The molecule has 2 aromatic rings. The molecule has 2 atom stereocenters. The third-order valence-electron chi connectivity index (χ3n) is 7.00. The number of hydrogen-bond donors (Lipinski definition) is 0. The SMILES string of the molecule is COCCCN1CC(C)(C)Oc2ccc(CO[C@@H]3CC[C@@H](CBr)N(S(=O)(=O)c4ccc(C)cc4)C3)cc21. The average Bonchev–Trinajstić information content (AvgIpc) is 2.87. The number of ether oxygens (including phenoxy) is 3. The van der Waals surface area contributed by atoms with Crippen LogP contribution in [0.15, 0.2) is 47.4 Å². The van der Waals surface area contributed by atoms with Gasteiger partial charge >= 0.3 is 0 Å². The number of nitrogens with zero attached hydrogens (tertiary/aromatic N) is 2. The molecule has 2 aliphatic heterocycles. The number of anilines is 1. The largest absolute Gasteiger partial charge is 0.484 e. The van der Waals surface area contributed by atoms with Gasteiger partial charge in [0.1, 0.15) is 11.4 Å². The van der Waals surface area contributed by atoms with Gasteiger partial charge in [-0.25, -0.2) is 8.42 Å². The molecule has 4 rings (SSSR count). The fourth-order valence-electron chi connectivity index (χ4n) is 5.07. The summed E-state index contributed by atoms with van der Waals surface area (Å²) in [5.74, 6) is 0.880. The second-order valence-electron chi connectivity index (χ2n) is 10.6. The van der Waals surface area contributed by atoms with E-state index in [1.54, 1.807) is 23.5 Å². The van der Waals surface area contributed by atoms with E-state index in [9.17, 15) is 8.42 Å². The molecule has 2 aliphatic rings. The van der Waals surface area contributed by atoms with Crippen molar-refractivity contribution in [2.24, 2.45) is 0 Å². The molecule has 0 saturated carbocycles. The average molecular weight is 596 g/mol. The van der Waals surface area contributed by atoms with Gasteiger partial charge in [-0.1, -0.05) is 39.7 Å². The van der Waals surface area contributed by atoms with Crippen LogP contribution in [0.25, 0.3) is 0 Å². The maximum atomic E-state index is 13.5. The molecule has 2 aromatic carbocycles. The van der Waals surface area contributed by atoms with E-state index in [4.69, 9.17) is 14.2 Å². The van der Waals surface area contributed by atoms with Gasteiger partial charge in [-0.2, -0.15) is 4.31 Å². The van der Waals surface area contributed by atoms with E-state index in [0.717, 1.165) is 61.5 Å². The molecule has 0 radical (unpaired) electrons. The molecule has 0 amide bonds. The lowest BCUT2D eigenvalue weighted by molar-refractivity contribution is -0.00170. The van der Waals surface area contributed by atoms with E-state index >= 15 is 0 Å². The number of fused-ring (bicyclic) bond motifs is 1. The minimum Gasteiger partial charge on any atom is -0.484 e.